The van der Waals surface area contributed by atoms with E-state index in [1.54, 1.807) is 45.9 Å². The van der Waals surface area contributed by atoms with Gasteiger partial charge in [-0.25, -0.2) is 4.79 Å². The van der Waals surface area contributed by atoms with Crippen LogP contribution >= 0.6 is 0 Å². The van der Waals surface area contributed by atoms with Crippen molar-refractivity contribution in [1.82, 2.24) is 5.32 Å². The molecule has 0 spiro atoms. The van der Waals surface area contributed by atoms with Gasteiger partial charge in [0.05, 0.1) is 12.3 Å². The zero-order valence-electron chi connectivity index (χ0n) is 15.9. The second kappa shape index (κ2) is 8.20. The second-order valence-corrected chi connectivity index (χ2v) is 7.28. The van der Waals surface area contributed by atoms with Gasteiger partial charge >= 0.3 is 12.1 Å². The first-order valence-electron chi connectivity index (χ1n) is 8.67. The normalized spacial score (nSPS) is 15.6. The van der Waals surface area contributed by atoms with Gasteiger partial charge in [0.1, 0.15) is 5.60 Å². The van der Waals surface area contributed by atoms with Crippen LogP contribution in [0.25, 0.3) is 0 Å². The molecule has 1 aliphatic heterocycles. The number of alkyl carbamates (subject to hydrolysis) is 1. The Morgan fingerprint density at radius 2 is 1.93 bits per heavy atom. The van der Waals surface area contributed by atoms with Crippen LogP contribution in [-0.2, 0) is 19.1 Å². The Hall–Kier alpha value is -2.90. The average molecular weight is 376 g/mol. The Bertz CT molecular complexity index is 766. The summed E-state index contributed by atoms with van der Waals surface area (Å²) in [5, 5.41) is 5.17. The van der Waals surface area contributed by atoms with Gasteiger partial charge in [0.15, 0.2) is 12.4 Å². The van der Waals surface area contributed by atoms with Crippen LogP contribution in [0.2, 0.25) is 0 Å². The van der Waals surface area contributed by atoms with Crippen LogP contribution in [0.5, 0.6) is 0 Å². The smallest absolute Gasteiger partial charge is 0.407 e. The Labute approximate surface area is 157 Å². The first-order chi connectivity index (χ1) is 12.6. The van der Waals surface area contributed by atoms with E-state index in [1.807, 2.05) is 0 Å². The minimum absolute atomic E-state index is 0.0477. The van der Waals surface area contributed by atoms with Crippen LogP contribution in [-0.4, -0.2) is 42.5 Å². The number of carbonyl (C=O) groups is 4. The second-order valence-electron chi connectivity index (χ2n) is 7.28. The summed E-state index contributed by atoms with van der Waals surface area (Å²) in [4.78, 5) is 47.0. The summed E-state index contributed by atoms with van der Waals surface area (Å²) in [5.74, 6) is -1.41. The fourth-order valence-corrected chi connectivity index (χ4v) is 2.47. The number of anilines is 1. The van der Waals surface area contributed by atoms with Gasteiger partial charge < -0.3 is 20.1 Å². The summed E-state index contributed by atoms with van der Waals surface area (Å²) >= 11 is 0. The molecule has 1 aromatic rings. The molecule has 2 rings (SSSR count). The standard InChI is InChI=1S/C19H24N2O6/c1-11-13-9-12(5-6-14(13)21-17(11)24)15(22)10-26-16(23)7-8-20-18(25)27-19(2,3)4/h5-6,9,11H,7-8,10H2,1-4H3,(H,20,25)(H,21,24)/t11-/m1/s1. The van der Waals surface area contributed by atoms with E-state index in [2.05, 4.69) is 10.6 Å². The maximum absolute atomic E-state index is 12.2. The predicted molar refractivity (Wildman–Crippen MR) is 97.6 cm³/mol. The van der Waals surface area contributed by atoms with Gasteiger partial charge in [-0.2, -0.15) is 0 Å². The zero-order valence-corrected chi connectivity index (χ0v) is 15.9. The first kappa shape index (κ1) is 20.4. The maximum Gasteiger partial charge on any atom is 0.407 e. The number of benzene rings is 1. The number of Topliss-reactive ketones (excluding diaryl/α,β-unsaturated/α-hetero) is 1. The third kappa shape index (κ3) is 5.80. The highest BCUT2D eigenvalue weighted by Gasteiger charge is 2.27. The van der Waals surface area contributed by atoms with Crippen molar-refractivity contribution in [2.45, 2.75) is 45.6 Å². The monoisotopic (exact) mass is 376 g/mol. The molecule has 0 unspecified atom stereocenters. The molecule has 1 aliphatic rings. The molecule has 27 heavy (non-hydrogen) atoms. The number of esters is 1. The number of carbonyl (C=O) groups excluding carboxylic acids is 4. The van der Waals surface area contributed by atoms with Gasteiger partial charge in [0.2, 0.25) is 5.91 Å². The largest absolute Gasteiger partial charge is 0.457 e. The van der Waals surface area contributed by atoms with Gasteiger partial charge in [-0.15, -0.1) is 0 Å². The molecule has 146 valence electrons. The van der Waals surface area contributed by atoms with E-state index >= 15 is 0 Å². The molecule has 1 aromatic carbocycles. The highest BCUT2D eigenvalue weighted by Crippen LogP contribution is 2.32. The maximum atomic E-state index is 12.2. The number of hydrogen-bond acceptors (Lipinski definition) is 6. The number of hydrogen-bond donors (Lipinski definition) is 2. The third-order valence-electron chi connectivity index (χ3n) is 3.85. The molecule has 0 saturated carbocycles. The van der Waals surface area contributed by atoms with Crippen molar-refractivity contribution in [2.24, 2.45) is 0 Å². The topological polar surface area (TPSA) is 111 Å². The average Bonchev–Trinajstić information content (AvgIpc) is 2.85. The van der Waals surface area contributed by atoms with Crippen LogP contribution in [0, 0.1) is 0 Å². The van der Waals surface area contributed by atoms with Crippen molar-refractivity contribution in [3.63, 3.8) is 0 Å². The molecule has 0 fully saturated rings. The van der Waals surface area contributed by atoms with Crippen molar-refractivity contribution in [3.05, 3.63) is 29.3 Å². The van der Waals surface area contributed by atoms with Gasteiger partial charge in [-0.1, -0.05) is 0 Å². The van der Waals surface area contributed by atoms with Crippen LogP contribution in [0.4, 0.5) is 10.5 Å². The molecule has 1 atom stereocenters. The number of amides is 2. The van der Waals surface area contributed by atoms with E-state index in [0.29, 0.717) is 11.3 Å². The van der Waals surface area contributed by atoms with Gasteiger partial charge in [-0.05, 0) is 51.5 Å². The van der Waals surface area contributed by atoms with Crippen LogP contribution in [0.15, 0.2) is 18.2 Å². The number of fused-ring (bicyclic) bond motifs is 1. The van der Waals surface area contributed by atoms with E-state index in [1.165, 1.54) is 0 Å². The predicted octanol–water partition coefficient (Wildman–Crippen LogP) is 2.38. The highest BCUT2D eigenvalue weighted by atomic mass is 16.6. The summed E-state index contributed by atoms with van der Waals surface area (Å²) in [6, 6.07) is 4.88. The number of ether oxygens (including phenoxy) is 2. The zero-order chi connectivity index (χ0) is 20.2. The molecular weight excluding hydrogens is 352 g/mol. The molecule has 1 heterocycles. The van der Waals surface area contributed by atoms with E-state index < -0.39 is 24.3 Å². The van der Waals surface area contributed by atoms with Crippen molar-refractivity contribution >= 4 is 29.4 Å². The molecule has 8 nitrogen and oxygen atoms in total. The van der Waals surface area contributed by atoms with Gasteiger partial charge in [0.25, 0.3) is 0 Å². The third-order valence-corrected chi connectivity index (χ3v) is 3.85. The molecule has 0 radical (unpaired) electrons. The van der Waals surface area contributed by atoms with Gasteiger partial charge in [-0.3, -0.25) is 14.4 Å². The fraction of sp³-hybridized carbons (Fsp3) is 0.474. The van der Waals surface area contributed by atoms with Gasteiger partial charge in [0, 0.05) is 17.8 Å². The Kier molecular flexibility index (Phi) is 6.20. The number of nitrogens with one attached hydrogen (secondary N) is 2. The molecule has 2 N–H and O–H groups in total. The van der Waals surface area contributed by atoms with Crippen molar-refractivity contribution in [2.75, 3.05) is 18.5 Å². The molecule has 8 heteroatoms. The quantitative estimate of drug-likeness (QED) is 0.582. The minimum Gasteiger partial charge on any atom is -0.457 e. The number of ketones is 1. The van der Waals surface area contributed by atoms with Crippen LogP contribution in [0.1, 0.15) is 56.0 Å². The van der Waals surface area contributed by atoms with E-state index in [9.17, 15) is 19.2 Å². The Balaban J connectivity index is 1.77. The molecule has 0 bridgehead atoms. The molecule has 0 saturated heterocycles. The summed E-state index contributed by atoms with van der Waals surface area (Å²) in [6.45, 7) is 6.60. The Morgan fingerprint density at radius 1 is 1.22 bits per heavy atom. The van der Waals surface area contributed by atoms with E-state index in [-0.39, 0.29) is 30.6 Å². The minimum atomic E-state index is -0.623. The summed E-state index contributed by atoms with van der Waals surface area (Å²) < 4.78 is 9.99. The molecule has 0 aromatic heterocycles. The SMILES string of the molecule is C[C@H]1C(=O)Nc2ccc(C(=O)COC(=O)CCNC(=O)OC(C)(C)C)cc21. The highest BCUT2D eigenvalue weighted by molar-refractivity contribution is 6.05. The molecule has 2 amide bonds. The lowest BCUT2D eigenvalue weighted by molar-refractivity contribution is -0.142. The summed E-state index contributed by atoms with van der Waals surface area (Å²) in [7, 11) is 0. The van der Waals surface area contributed by atoms with Crippen LogP contribution < -0.4 is 10.6 Å². The lowest BCUT2D eigenvalue weighted by Crippen LogP contribution is -2.33. The molecule has 0 aliphatic carbocycles. The Morgan fingerprint density at radius 3 is 2.59 bits per heavy atom. The lowest BCUT2D eigenvalue weighted by Gasteiger charge is -2.19. The summed E-state index contributed by atoms with van der Waals surface area (Å²) in [6.07, 6.45) is -0.701. The van der Waals surface area contributed by atoms with E-state index in [4.69, 9.17) is 9.47 Å². The number of rotatable bonds is 6. The summed E-state index contributed by atoms with van der Waals surface area (Å²) in [5.41, 5.74) is 1.19. The fourth-order valence-electron chi connectivity index (χ4n) is 2.47. The van der Waals surface area contributed by atoms with Crippen molar-refractivity contribution in [1.29, 1.82) is 0 Å². The van der Waals surface area contributed by atoms with E-state index in [0.717, 1.165) is 5.56 Å². The molecular formula is C19H24N2O6. The lowest BCUT2D eigenvalue weighted by atomic mass is 9.99. The first-order valence-corrected chi connectivity index (χ1v) is 8.67. The van der Waals surface area contributed by atoms with Crippen molar-refractivity contribution < 1.29 is 28.7 Å². The van der Waals surface area contributed by atoms with Crippen LogP contribution in [0.3, 0.4) is 0 Å². The van der Waals surface area contributed by atoms with Crippen molar-refractivity contribution in [3.8, 4) is 0 Å².